The number of hydrogen-bond acceptors (Lipinski definition) is 8. The van der Waals surface area contributed by atoms with E-state index in [1.54, 1.807) is 0 Å². The number of rotatable bonds is 4. The van der Waals surface area contributed by atoms with Gasteiger partial charge in [0.1, 0.15) is 0 Å². The van der Waals surface area contributed by atoms with Crippen LogP contribution < -0.4 is 19.6 Å². The van der Waals surface area contributed by atoms with Gasteiger partial charge in [0.05, 0.1) is 44.8 Å². The molecule has 272 valence electrons. The number of anilines is 8. The largest absolute Gasteiger partial charge is 0.291 e. The summed E-state index contributed by atoms with van der Waals surface area (Å²) in [6.45, 7) is 0. The summed E-state index contributed by atoms with van der Waals surface area (Å²) in [6.07, 6.45) is 7.43. The van der Waals surface area contributed by atoms with Gasteiger partial charge < -0.3 is 0 Å². The maximum absolute atomic E-state index is 4.82. The van der Waals surface area contributed by atoms with Gasteiger partial charge in [-0.3, -0.25) is 39.5 Å². The number of fused-ring (bicyclic) bond motifs is 6. The fourth-order valence-corrected chi connectivity index (χ4v) is 8.56. The molecule has 6 aromatic carbocycles. The van der Waals surface area contributed by atoms with E-state index >= 15 is 0 Å². The van der Waals surface area contributed by atoms with Gasteiger partial charge in [-0.1, -0.05) is 72.8 Å². The smallest absolute Gasteiger partial charge is 0.166 e. The van der Waals surface area contributed by atoms with Crippen LogP contribution in [-0.2, 0) is 0 Å². The second-order valence-electron chi connectivity index (χ2n) is 14.5. The van der Waals surface area contributed by atoms with Gasteiger partial charge in [-0.15, -0.1) is 0 Å². The Bertz CT molecular complexity index is 2870. The van der Waals surface area contributed by atoms with Crippen LogP contribution in [0.4, 0.5) is 45.5 Å². The molecule has 10 aromatic rings. The van der Waals surface area contributed by atoms with Gasteiger partial charge in [-0.25, -0.2) is 0 Å². The molecule has 8 nitrogen and oxygen atoms in total. The van der Waals surface area contributed by atoms with Crippen LogP contribution in [-0.4, -0.2) is 19.9 Å². The van der Waals surface area contributed by atoms with Crippen LogP contribution in [0, 0.1) is 0 Å². The summed E-state index contributed by atoms with van der Waals surface area (Å²) in [5.74, 6) is 1.87. The molecule has 8 heteroatoms. The minimum atomic E-state index is 0.916. The zero-order chi connectivity index (χ0) is 38.2. The van der Waals surface area contributed by atoms with Crippen molar-refractivity contribution >= 4 is 89.1 Å². The molecule has 4 aromatic heterocycles. The van der Waals surface area contributed by atoms with E-state index in [1.165, 1.54) is 0 Å². The molecule has 58 heavy (non-hydrogen) atoms. The maximum Gasteiger partial charge on any atom is 0.166 e. The van der Waals surface area contributed by atoms with Crippen molar-refractivity contribution < 1.29 is 0 Å². The third-order valence-corrected chi connectivity index (χ3v) is 11.2. The van der Waals surface area contributed by atoms with Gasteiger partial charge in [-0.2, -0.15) is 0 Å². The first-order chi connectivity index (χ1) is 28.8. The molecule has 0 amide bonds. The lowest BCUT2D eigenvalue weighted by atomic mass is 10.1. The normalized spacial score (nSPS) is 13.7. The Balaban J connectivity index is 1.23. The number of hydrogen-bond donors (Lipinski definition) is 0. The van der Waals surface area contributed by atoms with E-state index < -0.39 is 0 Å². The molecule has 0 N–H and O–H groups in total. The number of benzene rings is 6. The molecule has 6 heterocycles. The minimum Gasteiger partial charge on any atom is -0.291 e. The molecule has 0 aliphatic carbocycles. The maximum atomic E-state index is 4.82. The summed E-state index contributed by atoms with van der Waals surface area (Å²) < 4.78 is 0. The van der Waals surface area contributed by atoms with Gasteiger partial charge in [0.15, 0.2) is 11.6 Å². The van der Waals surface area contributed by atoms with Crippen molar-refractivity contribution in [1.82, 2.24) is 19.9 Å². The molecular weight excluding hydrogens is 713 g/mol. The van der Waals surface area contributed by atoms with E-state index in [4.69, 9.17) is 19.9 Å². The van der Waals surface area contributed by atoms with Crippen molar-refractivity contribution in [2.75, 3.05) is 19.6 Å². The molecule has 0 saturated heterocycles. The summed E-state index contributed by atoms with van der Waals surface area (Å²) in [4.78, 5) is 28.8. The average molecular weight is 745 g/mol. The second-order valence-corrected chi connectivity index (χ2v) is 14.5. The average Bonchev–Trinajstić information content (AvgIpc) is 3.81. The highest BCUT2D eigenvalue weighted by molar-refractivity contribution is 6.03. The van der Waals surface area contributed by atoms with E-state index in [0.29, 0.717) is 0 Å². The molecule has 2 aliphatic rings. The molecule has 12 rings (SSSR count). The first kappa shape index (κ1) is 32.2. The highest BCUT2D eigenvalue weighted by atomic mass is 15.5. The predicted molar refractivity (Wildman–Crippen MR) is 235 cm³/mol. The number of nitrogens with zero attached hydrogens (tertiary/aromatic N) is 8. The van der Waals surface area contributed by atoms with Crippen LogP contribution in [0.2, 0.25) is 0 Å². The van der Waals surface area contributed by atoms with E-state index in [9.17, 15) is 0 Å². The topological polar surface area (TPSA) is 64.5 Å². The Hall–Kier alpha value is -8.10. The SMILES string of the molecule is c1ccc2c(c1)N(c1ccc3cccnc3c1)C(=C1N(c3ccc4cccnc4c3)c3ccccc3N1c1ccc3cccnc3c1)N2c1ccc2cccnc2c1. The Morgan fingerprint density at radius 1 is 0.259 bits per heavy atom. The van der Waals surface area contributed by atoms with Crippen LogP contribution in [0.5, 0.6) is 0 Å². The lowest BCUT2D eigenvalue weighted by Crippen LogP contribution is -2.33. The lowest BCUT2D eigenvalue weighted by Gasteiger charge is -2.34. The number of pyridine rings is 4. The molecule has 0 radical (unpaired) electrons. The third kappa shape index (κ3) is 4.95. The lowest BCUT2D eigenvalue weighted by molar-refractivity contribution is 1.01. The summed E-state index contributed by atoms with van der Waals surface area (Å²) in [5.41, 5.74) is 11.8. The summed E-state index contributed by atoms with van der Waals surface area (Å²) in [5, 5.41) is 4.31. The number of aromatic nitrogens is 4. The molecule has 0 saturated carbocycles. The Kier molecular flexibility index (Phi) is 7.06. The first-order valence-corrected chi connectivity index (χ1v) is 19.3. The molecular formula is C50H32N8. The Morgan fingerprint density at radius 3 is 0.776 bits per heavy atom. The van der Waals surface area contributed by atoms with E-state index in [-0.39, 0.29) is 0 Å². The molecule has 2 aliphatic heterocycles. The molecule has 0 spiro atoms. The van der Waals surface area contributed by atoms with Crippen LogP contribution in [0.25, 0.3) is 43.6 Å². The van der Waals surface area contributed by atoms with Crippen LogP contribution >= 0.6 is 0 Å². The van der Waals surface area contributed by atoms with Crippen molar-refractivity contribution in [3.8, 4) is 0 Å². The van der Waals surface area contributed by atoms with Crippen molar-refractivity contribution in [2.45, 2.75) is 0 Å². The summed E-state index contributed by atoms with van der Waals surface area (Å²) in [7, 11) is 0. The van der Waals surface area contributed by atoms with Gasteiger partial charge in [-0.05, 0) is 97.1 Å². The van der Waals surface area contributed by atoms with Crippen LogP contribution in [0.3, 0.4) is 0 Å². The summed E-state index contributed by atoms with van der Waals surface area (Å²) >= 11 is 0. The van der Waals surface area contributed by atoms with Gasteiger partial charge in [0.2, 0.25) is 0 Å². The fourth-order valence-electron chi connectivity index (χ4n) is 8.56. The molecule has 0 atom stereocenters. The zero-order valence-electron chi connectivity index (χ0n) is 31.1. The third-order valence-electron chi connectivity index (χ3n) is 11.2. The number of para-hydroxylation sites is 4. The quantitative estimate of drug-likeness (QED) is 0.176. The van der Waals surface area contributed by atoms with Gasteiger partial charge >= 0.3 is 0 Å². The Labute approximate surface area is 333 Å². The first-order valence-electron chi connectivity index (χ1n) is 19.3. The highest BCUT2D eigenvalue weighted by Gasteiger charge is 2.44. The summed E-state index contributed by atoms with van der Waals surface area (Å²) in [6, 6.07) is 59.8. The van der Waals surface area contributed by atoms with E-state index in [1.807, 2.05) is 49.1 Å². The van der Waals surface area contributed by atoms with Crippen molar-refractivity contribution in [3.05, 3.63) is 206 Å². The molecule has 0 bridgehead atoms. The van der Waals surface area contributed by atoms with Gasteiger partial charge in [0.25, 0.3) is 0 Å². The van der Waals surface area contributed by atoms with Gasteiger partial charge in [0, 0.05) is 69.1 Å². The fraction of sp³-hybridized carbons (Fsp3) is 0. The second kappa shape index (κ2) is 12.7. The monoisotopic (exact) mass is 744 g/mol. The van der Waals surface area contributed by atoms with E-state index in [0.717, 1.165) is 101 Å². The molecule has 0 fully saturated rings. The Morgan fingerprint density at radius 2 is 0.517 bits per heavy atom. The van der Waals surface area contributed by atoms with Crippen molar-refractivity contribution in [2.24, 2.45) is 0 Å². The molecule has 0 unspecified atom stereocenters. The van der Waals surface area contributed by atoms with Crippen molar-refractivity contribution in [1.29, 1.82) is 0 Å². The standard InChI is InChI=1S/C50H32N8/c1-2-14-46-45(13-1)55(37-21-17-33-9-5-25-51-41(33)29-37)49(56(46)38-22-18-34-10-6-26-52-42(34)30-38)50-57(39-23-19-35-11-7-27-53-43(35)31-39)47-15-3-4-16-48(47)58(50)40-24-20-36-12-8-28-54-44(36)32-40/h1-32H. The highest BCUT2D eigenvalue weighted by Crippen LogP contribution is 2.57. The van der Waals surface area contributed by atoms with E-state index in [2.05, 4.69) is 165 Å². The predicted octanol–water partition coefficient (Wildman–Crippen LogP) is 12.3. The minimum absolute atomic E-state index is 0.916. The van der Waals surface area contributed by atoms with Crippen molar-refractivity contribution in [3.63, 3.8) is 0 Å². The van der Waals surface area contributed by atoms with Crippen LogP contribution in [0.1, 0.15) is 0 Å². The zero-order valence-corrected chi connectivity index (χ0v) is 31.1. The van der Waals surface area contributed by atoms with Crippen LogP contribution in [0.15, 0.2) is 206 Å².